The predicted molar refractivity (Wildman–Crippen MR) is 110 cm³/mol. The Morgan fingerprint density at radius 1 is 0.815 bits per heavy atom. The molecule has 0 saturated carbocycles. The molecule has 0 bridgehead atoms. The maximum Gasteiger partial charge on any atom is 0.162 e. The van der Waals surface area contributed by atoms with Gasteiger partial charge in [0.2, 0.25) is 0 Å². The highest BCUT2D eigenvalue weighted by molar-refractivity contribution is 9.10. The molecule has 0 atom stereocenters. The van der Waals surface area contributed by atoms with Crippen LogP contribution in [0, 0.1) is 0 Å². The van der Waals surface area contributed by atoms with Gasteiger partial charge >= 0.3 is 0 Å². The number of hydrogen-bond donors (Lipinski definition) is 0. The van der Waals surface area contributed by atoms with Crippen LogP contribution in [0.5, 0.6) is 11.5 Å². The van der Waals surface area contributed by atoms with Gasteiger partial charge in [-0.25, -0.2) is 0 Å². The SMILES string of the molecule is CCC(=O)c1cc(OCc2ccccc2)c(Br)c(OCc2ccccc2)c1. The van der Waals surface area contributed by atoms with Crippen molar-refractivity contribution in [2.45, 2.75) is 26.6 Å². The minimum absolute atomic E-state index is 0.0524. The summed E-state index contributed by atoms with van der Waals surface area (Å²) >= 11 is 3.57. The molecule has 0 spiro atoms. The van der Waals surface area contributed by atoms with Gasteiger partial charge in [0.25, 0.3) is 0 Å². The van der Waals surface area contributed by atoms with Crippen LogP contribution < -0.4 is 9.47 Å². The largest absolute Gasteiger partial charge is 0.488 e. The number of ether oxygens (including phenoxy) is 2. The fraction of sp³-hybridized carbons (Fsp3) is 0.174. The standard InChI is InChI=1S/C23H21BrO3/c1-2-20(25)19-13-21(26-15-17-9-5-3-6-10-17)23(24)22(14-19)27-16-18-11-7-4-8-12-18/h3-14H,2,15-16H2,1H3. The molecule has 3 aromatic rings. The molecule has 0 aliphatic rings. The minimum Gasteiger partial charge on any atom is -0.488 e. The van der Waals surface area contributed by atoms with E-state index < -0.39 is 0 Å². The summed E-state index contributed by atoms with van der Waals surface area (Å²) < 4.78 is 12.7. The molecular weight excluding hydrogens is 404 g/mol. The first-order valence-corrected chi connectivity index (χ1v) is 9.67. The molecule has 0 radical (unpaired) electrons. The summed E-state index contributed by atoms with van der Waals surface area (Å²) in [6.45, 7) is 2.68. The van der Waals surface area contributed by atoms with Crippen LogP contribution in [0.4, 0.5) is 0 Å². The molecule has 27 heavy (non-hydrogen) atoms. The van der Waals surface area contributed by atoms with Gasteiger partial charge in [0.1, 0.15) is 29.2 Å². The lowest BCUT2D eigenvalue weighted by Gasteiger charge is -2.15. The van der Waals surface area contributed by atoms with E-state index in [0.29, 0.717) is 41.2 Å². The van der Waals surface area contributed by atoms with E-state index in [-0.39, 0.29) is 5.78 Å². The Labute approximate surface area is 168 Å². The van der Waals surface area contributed by atoms with Crippen molar-refractivity contribution in [1.82, 2.24) is 0 Å². The van der Waals surface area contributed by atoms with Crippen LogP contribution in [0.2, 0.25) is 0 Å². The molecule has 0 amide bonds. The number of halogens is 1. The van der Waals surface area contributed by atoms with Gasteiger partial charge in [-0.05, 0) is 39.2 Å². The van der Waals surface area contributed by atoms with Crippen LogP contribution in [0.1, 0.15) is 34.8 Å². The Kier molecular flexibility index (Phi) is 6.66. The number of carbonyl (C=O) groups excluding carboxylic acids is 1. The summed E-state index contributed by atoms with van der Waals surface area (Å²) in [5.41, 5.74) is 2.71. The van der Waals surface area contributed by atoms with Crippen molar-refractivity contribution in [3.8, 4) is 11.5 Å². The normalized spacial score (nSPS) is 10.4. The maximum absolute atomic E-state index is 12.3. The molecule has 0 N–H and O–H groups in total. The Hall–Kier alpha value is -2.59. The van der Waals surface area contributed by atoms with E-state index in [1.165, 1.54) is 0 Å². The van der Waals surface area contributed by atoms with Crippen LogP contribution in [0.15, 0.2) is 77.3 Å². The van der Waals surface area contributed by atoms with Crippen LogP contribution in [0.25, 0.3) is 0 Å². The molecule has 4 heteroatoms. The fourth-order valence-corrected chi connectivity index (χ4v) is 3.08. The van der Waals surface area contributed by atoms with Gasteiger partial charge in [0.05, 0.1) is 0 Å². The first kappa shape index (κ1) is 19.2. The Morgan fingerprint density at radius 2 is 1.26 bits per heavy atom. The van der Waals surface area contributed by atoms with Gasteiger partial charge in [0.15, 0.2) is 5.78 Å². The highest BCUT2D eigenvalue weighted by Crippen LogP contribution is 2.37. The van der Waals surface area contributed by atoms with Gasteiger partial charge in [-0.2, -0.15) is 0 Å². The third-order valence-corrected chi connectivity index (χ3v) is 4.90. The zero-order chi connectivity index (χ0) is 19.1. The van der Waals surface area contributed by atoms with Crippen LogP contribution in [-0.4, -0.2) is 5.78 Å². The maximum atomic E-state index is 12.3. The monoisotopic (exact) mass is 424 g/mol. The van der Waals surface area contributed by atoms with Crippen molar-refractivity contribution in [2.24, 2.45) is 0 Å². The molecule has 0 aromatic heterocycles. The highest BCUT2D eigenvalue weighted by atomic mass is 79.9. The Bertz CT molecular complexity index is 828. The number of carbonyl (C=O) groups is 1. The summed E-state index contributed by atoms with van der Waals surface area (Å²) in [5, 5.41) is 0. The number of ketones is 1. The van der Waals surface area contributed by atoms with Crippen molar-refractivity contribution in [3.63, 3.8) is 0 Å². The van der Waals surface area contributed by atoms with E-state index in [1.807, 2.05) is 67.6 Å². The van der Waals surface area contributed by atoms with E-state index in [2.05, 4.69) is 15.9 Å². The summed E-state index contributed by atoms with van der Waals surface area (Å²) in [6, 6.07) is 23.4. The third-order valence-electron chi connectivity index (χ3n) is 4.12. The van der Waals surface area contributed by atoms with Crippen LogP contribution in [0.3, 0.4) is 0 Å². The van der Waals surface area contributed by atoms with E-state index >= 15 is 0 Å². The molecule has 3 aromatic carbocycles. The lowest BCUT2D eigenvalue weighted by atomic mass is 10.1. The van der Waals surface area contributed by atoms with Crippen molar-refractivity contribution in [2.75, 3.05) is 0 Å². The van der Waals surface area contributed by atoms with Crippen LogP contribution >= 0.6 is 15.9 Å². The second kappa shape index (κ2) is 9.38. The molecule has 3 rings (SSSR count). The molecule has 0 heterocycles. The van der Waals surface area contributed by atoms with Gasteiger partial charge < -0.3 is 9.47 Å². The number of hydrogen-bond acceptors (Lipinski definition) is 3. The van der Waals surface area contributed by atoms with Gasteiger partial charge in [-0.1, -0.05) is 67.6 Å². The number of benzene rings is 3. The van der Waals surface area contributed by atoms with Crippen molar-refractivity contribution in [3.05, 3.63) is 94.0 Å². The molecule has 138 valence electrons. The van der Waals surface area contributed by atoms with Crippen molar-refractivity contribution in [1.29, 1.82) is 0 Å². The van der Waals surface area contributed by atoms with Gasteiger partial charge in [-0.3, -0.25) is 4.79 Å². The van der Waals surface area contributed by atoms with Gasteiger partial charge in [-0.15, -0.1) is 0 Å². The highest BCUT2D eigenvalue weighted by Gasteiger charge is 2.15. The first-order valence-electron chi connectivity index (χ1n) is 8.87. The molecule has 0 aliphatic carbocycles. The topological polar surface area (TPSA) is 35.5 Å². The molecule has 3 nitrogen and oxygen atoms in total. The van der Waals surface area contributed by atoms with E-state index in [4.69, 9.17) is 9.47 Å². The zero-order valence-corrected chi connectivity index (χ0v) is 16.7. The smallest absolute Gasteiger partial charge is 0.162 e. The lowest BCUT2D eigenvalue weighted by molar-refractivity contribution is 0.0987. The minimum atomic E-state index is 0.0524. The molecule has 0 saturated heterocycles. The van der Waals surface area contributed by atoms with Crippen LogP contribution in [-0.2, 0) is 13.2 Å². The number of Topliss-reactive ketones (excluding diaryl/α,β-unsaturated/α-hetero) is 1. The van der Waals surface area contributed by atoms with Gasteiger partial charge in [0, 0.05) is 12.0 Å². The molecular formula is C23H21BrO3. The zero-order valence-electron chi connectivity index (χ0n) is 15.2. The summed E-state index contributed by atoms with van der Waals surface area (Å²) in [7, 11) is 0. The number of rotatable bonds is 8. The summed E-state index contributed by atoms with van der Waals surface area (Å²) in [6.07, 6.45) is 0.428. The fourth-order valence-electron chi connectivity index (χ4n) is 2.62. The second-order valence-electron chi connectivity index (χ2n) is 6.11. The first-order chi connectivity index (χ1) is 13.2. The average molecular weight is 425 g/mol. The van der Waals surface area contributed by atoms with E-state index in [1.54, 1.807) is 12.1 Å². The lowest BCUT2D eigenvalue weighted by Crippen LogP contribution is -2.03. The second-order valence-corrected chi connectivity index (χ2v) is 6.90. The third kappa shape index (κ3) is 5.20. The van der Waals surface area contributed by atoms with E-state index in [0.717, 1.165) is 11.1 Å². The van der Waals surface area contributed by atoms with Crippen molar-refractivity contribution < 1.29 is 14.3 Å². The molecule has 0 aliphatic heterocycles. The summed E-state index contributed by atoms with van der Waals surface area (Å²) in [4.78, 5) is 12.3. The molecule has 0 unspecified atom stereocenters. The Balaban J connectivity index is 1.83. The summed E-state index contributed by atoms with van der Waals surface area (Å²) in [5.74, 6) is 1.25. The predicted octanol–water partition coefficient (Wildman–Crippen LogP) is 6.20. The van der Waals surface area contributed by atoms with Crippen molar-refractivity contribution >= 4 is 21.7 Å². The van der Waals surface area contributed by atoms with E-state index in [9.17, 15) is 4.79 Å². The molecule has 0 fully saturated rings. The average Bonchev–Trinajstić information content (AvgIpc) is 2.73. The Morgan fingerprint density at radius 3 is 1.67 bits per heavy atom. The quantitative estimate of drug-likeness (QED) is 0.403.